The van der Waals surface area contributed by atoms with Crippen LogP contribution in [0.15, 0.2) is 24.7 Å². The minimum Gasteiger partial charge on any atom is -0.391 e. The number of hydrogen-bond donors (Lipinski definition) is 1. The second-order valence-corrected chi connectivity index (χ2v) is 4.31. The van der Waals surface area contributed by atoms with E-state index < -0.39 is 0 Å². The molecule has 0 aromatic carbocycles. The Morgan fingerprint density at radius 3 is 3.12 bits per heavy atom. The van der Waals surface area contributed by atoms with E-state index in [1.54, 1.807) is 6.20 Å². The smallest absolute Gasteiger partial charge is 0.164 e. The quantitative estimate of drug-likeness (QED) is 0.791. The van der Waals surface area contributed by atoms with Gasteiger partial charge in [0.15, 0.2) is 5.65 Å². The molecule has 5 nitrogen and oxygen atoms in total. The van der Waals surface area contributed by atoms with Gasteiger partial charge in [-0.25, -0.2) is 15.0 Å². The van der Waals surface area contributed by atoms with E-state index in [1.807, 2.05) is 12.1 Å². The fourth-order valence-electron chi connectivity index (χ4n) is 2.28. The summed E-state index contributed by atoms with van der Waals surface area (Å²) in [5, 5.41) is 10.7. The Morgan fingerprint density at radius 1 is 1.29 bits per heavy atom. The molecule has 3 rings (SSSR count). The van der Waals surface area contributed by atoms with Crippen LogP contribution in [0.4, 0.5) is 5.82 Å². The number of piperidine rings is 1. The third-order valence-electron chi connectivity index (χ3n) is 3.08. The molecule has 0 amide bonds. The van der Waals surface area contributed by atoms with Gasteiger partial charge in [-0.15, -0.1) is 0 Å². The van der Waals surface area contributed by atoms with Crippen molar-refractivity contribution in [1.29, 1.82) is 0 Å². The topological polar surface area (TPSA) is 62.1 Å². The average Bonchev–Trinajstić information content (AvgIpc) is 2.38. The van der Waals surface area contributed by atoms with Crippen molar-refractivity contribution in [2.45, 2.75) is 18.9 Å². The highest BCUT2D eigenvalue weighted by Crippen LogP contribution is 2.24. The zero-order chi connectivity index (χ0) is 11.7. The molecule has 1 atom stereocenters. The summed E-state index contributed by atoms with van der Waals surface area (Å²) in [5.41, 5.74) is 0.706. The Hall–Kier alpha value is -1.75. The van der Waals surface area contributed by atoms with E-state index in [4.69, 9.17) is 0 Å². The molecule has 0 aliphatic carbocycles. The summed E-state index contributed by atoms with van der Waals surface area (Å²) in [6.45, 7) is 1.57. The van der Waals surface area contributed by atoms with E-state index in [2.05, 4.69) is 19.9 Å². The Morgan fingerprint density at radius 2 is 2.24 bits per heavy atom. The van der Waals surface area contributed by atoms with Gasteiger partial charge in [0.2, 0.25) is 0 Å². The first-order chi connectivity index (χ1) is 8.34. The monoisotopic (exact) mass is 230 g/mol. The van der Waals surface area contributed by atoms with Crippen molar-refractivity contribution >= 4 is 16.9 Å². The predicted molar refractivity (Wildman–Crippen MR) is 64.8 cm³/mol. The molecule has 17 heavy (non-hydrogen) atoms. The van der Waals surface area contributed by atoms with Crippen LogP contribution < -0.4 is 4.90 Å². The van der Waals surface area contributed by atoms with Crippen molar-refractivity contribution in [2.75, 3.05) is 18.0 Å². The number of hydrogen-bond acceptors (Lipinski definition) is 5. The van der Waals surface area contributed by atoms with Crippen molar-refractivity contribution < 1.29 is 5.11 Å². The molecule has 2 aromatic heterocycles. The highest BCUT2D eigenvalue weighted by atomic mass is 16.3. The minimum atomic E-state index is -0.259. The zero-order valence-corrected chi connectivity index (χ0v) is 9.45. The molecular formula is C12H14N4O. The number of aliphatic hydroxyl groups excluding tert-OH is 1. The van der Waals surface area contributed by atoms with Crippen LogP contribution in [-0.2, 0) is 0 Å². The maximum atomic E-state index is 9.71. The van der Waals surface area contributed by atoms with Gasteiger partial charge in [0.25, 0.3) is 0 Å². The summed E-state index contributed by atoms with van der Waals surface area (Å²) < 4.78 is 0. The first kappa shape index (κ1) is 10.4. The number of aromatic nitrogens is 3. The Kier molecular flexibility index (Phi) is 2.60. The van der Waals surface area contributed by atoms with Crippen LogP contribution in [0.2, 0.25) is 0 Å². The molecule has 3 heterocycles. The van der Waals surface area contributed by atoms with Crippen LogP contribution in [0.1, 0.15) is 12.8 Å². The van der Waals surface area contributed by atoms with Crippen molar-refractivity contribution in [2.24, 2.45) is 0 Å². The van der Waals surface area contributed by atoms with Gasteiger partial charge >= 0.3 is 0 Å². The van der Waals surface area contributed by atoms with Crippen LogP contribution in [-0.4, -0.2) is 39.3 Å². The van der Waals surface area contributed by atoms with Gasteiger partial charge in [-0.3, -0.25) is 0 Å². The maximum Gasteiger partial charge on any atom is 0.164 e. The van der Waals surface area contributed by atoms with Crippen molar-refractivity contribution in [3.8, 4) is 0 Å². The molecule has 1 aliphatic rings. The molecule has 1 aliphatic heterocycles. The zero-order valence-electron chi connectivity index (χ0n) is 9.45. The van der Waals surface area contributed by atoms with Crippen LogP contribution in [0, 0.1) is 0 Å². The Bertz CT molecular complexity index is 525. The standard InChI is InChI=1S/C12H14N4O/c17-9-3-2-6-16(7-9)12-10-4-1-5-13-11(10)14-8-15-12/h1,4-5,8-9,17H,2-3,6-7H2. The molecule has 5 heteroatoms. The van der Waals surface area contributed by atoms with Gasteiger partial charge in [-0.2, -0.15) is 0 Å². The van der Waals surface area contributed by atoms with E-state index >= 15 is 0 Å². The van der Waals surface area contributed by atoms with Crippen molar-refractivity contribution in [3.63, 3.8) is 0 Å². The van der Waals surface area contributed by atoms with E-state index in [0.717, 1.165) is 30.6 Å². The maximum absolute atomic E-state index is 9.71. The highest BCUT2D eigenvalue weighted by Gasteiger charge is 2.20. The molecule has 0 bridgehead atoms. The second-order valence-electron chi connectivity index (χ2n) is 4.31. The lowest BCUT2D eigenvalue weighted by molar-refractivity contribution is 0.154. The van der Waals surface area contributed by atoms with Crippen LogP contribution in [0.3, 0.4) is 0 Å². The van der Waals surface area contributed by atoms with Gasteiger partial charge in [-0.05, 0) is 25.0 Å². The largest absolute Gasteiger partial charge is 0.391 e. The minimum absolute atomic E-state index is 0.259. The molecule has 2 aromatic rings. The number of fused-ring (bicyclic) bond motifs is 1. The first-order valence-corrected chi connectivity index (χ1v) is 5.83. The van der Waals surface area contributed by atoms with Crippen LogP contribution in [0.5, 0.6) is 0 Å². The number of β-amino-alcohol motifs (C(OH)–C–C–N with tert-alkyl or cyclic N) is 1. The summed E-state index contributed by atoms with van der Waals surface area (Å²) in [5.74, 6) is 0.877. The third kappa shape index (κ3) is 1.93. The van der Waals surface area contributed by atoms with E-state index in [0.29, 0.717) is 12.2 Å². The molecule has 1 fully saturated rings. The van der Waals surface area contributed by atoms with Gasteiger partial charge in [0.05, 0.1) is 11.5 Å². The predicted octanol–water partition coefficient (Wildman–Crippen LogP) is 0.986. The lowest BCUT2D eigenvalue weighted by atomic mass is 10.1. The summed E-state index contributed by atoms with van der Waals surface area (Å²) in [4.78, 5) is 14.8. The van der Waals surface area contributed by atoms with E-state index in [-0.39, 0.29) is 6.10 Å². The molecule has 88 valence electrons. The summed E-state index contributed by atoms with van der Waals surface area (Å²) in [6.07, 6.45) is 4.87. The molecule has 0 spiro atoms. The van der Waals surface area contributed by atoms with E-state index in [9.17, 15) is 5.11 Å². The SMILES string of the molecule is OC1CCCN(c2ncnc3ncccc23)C1. The summed E-state index contributed by atoms with van der Waals surface area (Å²) >= 11 is 0. The van der Waals surface area contributed by atoms with Gasteiger partial charge in [0, 0.05) is 19.3 Å². The molecule has 0 radical (unpaired) electrons. The number of aliphatic hydroxyl groups is 1. The molecule has 1 unspecified atom stereocenters. The normalized spacial score (nSPS) is 20.8. The molecule has 0 saturated carbocycles. The fourth-order valence-corrected chi connectivity index (χ4v) is 2.28. The van der Waals surface area contributed by atoms with Crippen molar-refractivity contribution in [1.82, 2.24) is 15.0 Å². The van der Waals surface area contributed by atoms with Gasteiger partial charge in [0.1, 0.15) is 12.1 Å². The number of rotatable bonds is 1. The second kappa shape index (κ2) is 4.25. The van der Waals surface area contributed by atoms with Crippen LogP contribution >= 0.6 is 0 Å². The van der Waals surface area contributed by atoms with Crippen LogP contribution in [0.25, 0.3) is 11.0 Å². The number of nitrogens with zero attached hydrogens (tertiary/aromatic N) is 4. The van der Waals surface area contributed by atoms with Gasteiger partial charge in [-0.1, -0.05) is 0 Å². The summed E-state index contributed by atoms with van der Waals surface area (Å²) in [6, 6.07) is 3.86. The lowest BCUT2D eigenvalue weighted by Gasteiger charge is -2.31. The molecule has 1 N–H and O–H groups in total. The van der Waals surface area contributed by atoms with E-state index in [1.165, 1.54) is 6.33 Å². The lowest BCUT2D eigenvalue weighted by Crippen LogP contribution is -2.38. The molecular weight excluding hydrogens is 216 g/mol. The van der Waals surface area contributed by atoms with Crippen molar-refractivity contribution in [3.05, 3.63) is 24.7 Å². The Balaban J connectivity index is 2.04. The molecule has 1 saturated heterocycles. The van der Waals surface area contributed by atoms with Gasteiger partial charge < -0.3 is 10.0 Å². The summed E-state index contributed by atoms with van der Waals surface area (Å²) in [7, 11) is 0. The first-order valence-electron chi connectivity index (χ1n) is 5.83. The third-order valence-corrected chi connectivity index (χ3v) is 3.08. The fraction of sp³-hybridized carbons (Fsp3) is 0.417. The highest BCUT2D eigenvalue weighted by molar-refractivity contribution is 5.86. The average molecular weight is 230 g/mol. The number of anilines is 1. The Labute approximate surface area is 99.1 Å². The number of pyridine rings is 1.